The predicted octanol–water partition coefficient (Wildman–Crippen LogP) is 5.15. The van der Waals surface area contributed by atoms with E-state index in [0.29, 0.717) is 5.56 Å². The highest BCUT2D eigenvalue weighted by Crippen LogP contribution is 2.28. The lowest BCUT2D eigenvalue weighted by atomic mass is 10.0. The second-order valence-electron chi connectivity index (χ2n) is 5.74. The van der Waals surface area contributed by atoms with E-state index in [-0.39, 0.29) is 5.91 Å². The molecule has 4 rings (SSSR count). The fourth-order valence-corrected chi connectivity index (χ4v) is 2.95. The van der Waals surface area contributed by atoms with Gasteiger partial charge in [0.25, 0.3) is 5.91 Å². The second-order valence-corrected chi connectivity index (χ2v) is 5.74. The minimum absolute atomic E-state index is 0.137. The number of benzene rings is 3. The summed E-state index contributed by atoms with van der Waals surface area (Å²) in [4.78, 5) is 17.2. The highest BCUT2D eigenvalue weighted by Gasteiger charge is 2.13. The van der Waals surface area contributed by atoms with E-state index in [9.17, 15) is 4.79 Å². The number of hydrogen-bond acceptors (Lipinski definition) is 2. The SMILES string of the molecule is O=C(Nc1ccccc1-c1ccccc1)c1ccnc2ccccc12. The van der Waals surface area contributed by atoms with E-state index >= 15 is 0 Å². The van der Waals surface area contributed by atoms with Crippen molar-refractivity contribution < 1.29 is 4.79 Å². The molecule has 0 aliphatic rings. The van der Waals surface area contributed by atoms with Crippen LogP contribution in [-0.2, 0) is 0 Å². The zero-order chi connectivity index (χ0) is 17.1. The number of aromatic nitrogens is 1. The summed E-state index contributed by atoms with van der Waals surface area (Å²) in [5, 5.41) is 3.90. The van der Waals surface area contributed by atoms with E-state index in [1.54, 1.807) is 12.3 Å². The van der Waals surface area contributed by atoms with Gasteiger partial charge in [-0.3, -0.25) is 9.78 Å². The molecule has 3 aromatic carbocycles. The minimum atomic E-state index is -0.137. The molecule has 0 aliphatic carbocycles. The van der Waals surface area contributed by atoms with Crippen LogP contribution >= 0.6 is 0 Å². The number of nitrogens with zero attached hydrogens (tertiary/aromatic N) is 1. The molecule has 0 radical (unpaired) electrons. The third-order valence-corrected chi connectivity index (χ3v) is 4.15. The summed E-state index contributed by atoms with van der Waals surface area (Å²) in [5.74, 6) is -0.137. The van der Waals surface area contributed by atoms with Crippen LogP contribution in [0.2, 0.25) is 0 Å². The van der Waals surface area contributed by atoms with Gasteiger partial charge in [-0.1, -0.05) is 66.7 Å². The molecule has 0 saturated heterocycles. The topological polar surface area (TPSA) is 42.0 Å². The van der Waals surface area contributed by atoms with Crippen molar-refractivity contribution in [3.8, 4) is 11.1 Å². The Hall–Kier alpha value is -3.46. The first-order valence-corrected chi connectivity index (χ1v) is 8.12. The fraction of sp³-hybridized carbons (Fsp3) is 0. The van der Waals surface area contributed by atoms with Crippen molar-refractivity contribution in [1.29, 1.82) is 0 Å². The van der Waals surface area contributed by atoms with Crippen LogP contribution in [-0.4, -0.2) is 10.9 Å². The van der Waals surface area contributed by atoms with Crippen LogP contribution in [0.3, 0.4) is 0 Å². The zero-order valence-corrected chi connectivity index (χ0v) is 13.5. The Kier molecular flexibility index (Phi) is 3.97. The highest BCUT2D eigenvalue weighted by atomic mass is 16.1. The first-order valence-electron chi connectivity index (χ1n) is 8.12. The van der Waals surface area contributed by atoms with Crippen LogP contribution in [0.1, 0.15) is 10.4 Å². The number of amides is 1. The van der Waals surface area contributed by atoms with Crippen molar-refractivity contribution in [1.82, 2.24) is 4.98 Å². The summed E-state index contributed by atoms with van der Waals surface area (Å²) in [5.41, 5.74) is 4.28. The number of pyridine rings is 1. The summed E-state index contributed by atoms with van der Waals surface area (Å²) in [6, 6.07) is 27.3. The van der Waals surface area contributed by atoms with Gasteiger partial charge in [0.05, 0.1) is 11.1 Å². The first kappa shape index (κ1) is 15.1. The van der Waals surface area contributed by atoms with Crippen molar-refractivity contribution in [2.24, 2.45) is 0 Å². The van der Waals surface area contributed by atoms with Gasteiger partial charge in [0, 0.05) is 22.8 Å². The second kappa shape index (κ2) is 6.57. The summed E-state index contributed by atoms with van der Waals surface area (Å²) < 4.78 is 0. The lowest BCUT2D eigenvalue weighted by molar-refractivity contribution is 0.102. The third-order valence-electron chi connectivity index (χ3n) is 4.15. The van der Waals surface area contributed by atoms with E-state index in [1.807, 2.05) is 78.9 Å². The van der Waals surface area contributed by atoms with Crippen LogP contribution in [0.5, 0.6) is 0 Å². The Morgan fingerprint density at radius 2 is 1.48 bits per heavy atom. The molecule has 1 aromatic heterocycles. The van der Waals surface area contributed by atoms with E-state index in [4.69, 9.17) is 0 Å². The number of fused-ring (bicyclic) bond motifs is 1. The van der Waals surface area contributed by atoms with Gasteiger partial charge < -0.3 is 5.32 Å². The largest absolute Gasteiger partial charge is 0.321 e. The molecule has 0 fully saturated rings. The molecule has 3 nitrogen and oxygen atoms in total. The molecule has 0 saturated carbocycles. The molecule has 120 valence electrons. The maximum absolute atomic E-state index is 12.9. The van der Waals surface area contributed by atoms with Gasteiger partial charge in [0.1, 0.15) is 0 Å². The lowest BCUT2D eigenvalue weighted by Crippen LogP contribution is -2.13. The number of rotatable bonds is 3. The Labute approximate surface area is 146 Å². The number of para-hydroxylation sites is 2. The molecule has 1 N–H and O–H groups in total. The molecule has 1 amide bonds. The van der Waals surface area contributed by atoms with Crippen molar-refractivity contribution in [2.45, 2.75) is 0 Å². The average Bonchev–Trinajstić information content (AvgIpc) is 2.68. The van der Waals surface area contributed by atoms with Crippen molar-refractivity contribution >= 4 is 22.5 Å². The highest BCUT2D eigenvalue weighted by molar-refractivity contribution is 6.13. The van der Waals surface area contributed by atoms with Crippen LogP contribution in [0.4, 0.5) is 5.69 Å². The molecule has 0 atom stereocenters. The Bertz CT molecular complexity index is 1040. The van der Waals surface area contributed by atoms with E-state index < -0.39 is 0 Å². The van der Waals surface area contributed by atoms with Gasteiger partial charge in [-0.25, -0.2) is 0 Å². The van der Waals surface area contributed by atoms with Crippen molar-refractivity contribution in [3.63, 3.8) is 0 Å². The molecule has 0 bridgehead atoms. The van der Waals surface area contributed by atoms with E-state index in [0.717, 1.165) is 27.7 Å². The standard InChI is InChI=1S/C22H16N2O/c25-22(19-14-15-23-20-12-6-5-11-18(19)20)24-21-13-7-4-10-17(21)16-8-2-1-3-9-16/h1-15H,(H,24,25). The first-order chi connectivity index (χ1) is 12.3. The summed E-state index contributed by atoms with van der Waals surface area (Å²) >= 11 is 0. The third kappa shape index (κ3) is 3.00. The molecule has 0 spiro atoms. The van der Waals surface area contributed by atoms with Crippen molar-refractivity contribution in [2.75, 3.05) is 5.32 Å². The summed E-state index contributed by atoms with van der Waals surface area (Å²) in [6.07, 6.45) is 1.67. The number of carbonyl (C=O) groups excluding carboxylic acids is 1. The summed E-state index contributed by atoms with van der Waals surface area (Å²) in [6.45, 7) is 0. The smallest absolute Gasteiger partial charge is 0.256 e. The maximum atomic E-state index is 12.9. The molecule has 0 unspecified atom stereocenters. The Morgan fingerprint density at radius 3 is 2.36 bits per heavy atom. The summed E-state index contributed by atoms with van der Waals surface area (Å²) in [7, 11) is 0. The van der Waals surface area contributed by atoms with Crippen LogP contribution in [0, 0.1) is 0 Å². The van der Waals surface area contributed by atoms with Crippen LogP contribution in [0.15, 0.2) is 91.1 Å². The molecule has 3 heteroatoms. The molecule has 0 aliphatic heterocycles. The van der Waals surface area contributed by atoms with E-state index in [2.05, 4.69) is 10.3 Å². The minimum Gasteiger partial charge on any atom is -0.321 e. The van der Waals surface area contributed by atoms with Gasteiger partial charge >= 0.3 is 0 Å². The molecule has 1 heterocycles. The molecule has 25 heavy (non-hydrogen) atoms. The Morgan fingerprint density at radius 1 is 0.760 bits per heavy atom. The number of hydrogen-bond donors (Lipinski definition) is 1. The molecular formula is C22H16N2O. The van der Waals surface area contributed by atoms with E-state index in [1.165, 1.54) is 0 Å². The zero-order valence-electron chi connectivity index (χ0n) is 13.5. The monoisotopic (exact) mass is 324 g/mol. The van der Waals surface area contributed by atoms with Gasteiger partial charge in [-0.15, -0.1) is 0 Å². The Balaban J connectivity index is 1.72. The van der Waals surface area contributed by atoms with Crippen LogP contribution < -0.4 is 5.32 Å². The van der Waals surface area contributed by atoms with Gasteiger partial charge in [-0.05, 0) is 23.8 Å². The quantitative estimate of drug-likeness (QED) is 0.566. The number of anilines is 1. The maximum Gasteiger partial charge on any atom is 0.256 e. The fourth-order valence-electron chi connectivity index (χ4n) is 2.95. The number of nitrogens with one attached hydrogen (secondary N) is 1. The van der Waals surface area contributed by atoms with Gasteiger partial charge in [0.2, 0.25) is 0 Å². The normalized spacial score (nSPS) is 10.6. The lowest BCUT2D eigenvalue weighted by Gasteiger charge is -2.12. The van der Waals surface area contributed by atoms with Crippen LogP contribution in [0.25, 0.3) is 22.0 Å². The molecule has 4 aromatic rings. The average molecular weight is 324 g/mol. The van der Waals surface area contributed by atoms with Gasteiger partial charge in [0.15, 0.2) is 0 Å². The number of carbonyl (C=O) groups is 1. The predicted molar refractivity (Wildman–Crippen MR) is 102 cm³/mol. The van der Waals surface area contributed by atoms with Gasteiger partial charge in [-0.2, -0.15) is 0 Å². The molecular weight excluding hydrogens is 308 g/mol. The van der Waals surface area contributed by atoms with Crippen molar-refractivity contribution in [3.05, 3.63) is 96.7 Å².